The molecule has 0 aromatic carbocycles. The maximum Gasteiger partial charge on any atom is 0.326 e. The van der Waals surface area contributed by atoms with E-state index in [4.69, 9.17) is 28.7 Å². The smallest absolute Gasteiger partial charge is 0.326 e. The number of guanidine groups is 1. The van der Waals surface area contributed by atoms with E-state index in [1.54, 1.807) is 13.8 Å². The summed E-state index contributed by atoms with van der Waals surface area (Å²) >= 11 is 0. The Bertz CT molecular complexity index is 819. The first-order valence-corrected chi connectivity index (χ1v) is 12.8. The van der Waals surface area contributed by atoms with Gasteiger partial charge in [0.05, 0.1) is 6.04 Å². The highest BCUT2D eigenvalue weighted by Gasteiger charge is 2.31. The third kappa shape index (κ3) is 14.3. The van der Waals surface area contributed by atoms with Crippen LogP contribution in [0.1, 0.15) is 65.2 Å². The second kappa shape index (κ2) is 18.7. The Kier molecular flexibility index (Phi) is 17.0. The van der Waals surface area contributed by atoms with Gasteiger partial charge in [-0.25, -0.2) is 4.79 Å². The van der Waals surface area contributed by atoms with Gasteiger partial charge in [-0.05, 0) is 51.0 Å². The van der Waals surface area contributed by atoms with Crippen LogP contribution in [0.25, 0.3) is 0 Å². The van der Waals surface area contributed by atoms with Gasteiger partial charge in [-0.15, -0.1) is 0 Å². The van der Waals surface area contributed by atoms with E-state index in [0.29, 0.717) is 32.2 Å². The number of amides is 4. The van der Waals surface area contributed by atoms with E-state index >= 15 is 0 Å². The first-order valence-electron chi connectivity index (χ1n) is 12.8. The number of aliphatic carboxylic acids is 1. The standard InChI is InChI=1S/C23H45N9O6/c1-3-13(2)18(22(37)38)32-21(36)15(7-4-5-11-24)31-20(35)16(8-6-12-29-23(27)28)30-19(34)14(25)9-10-17(26)33/h13-16,18H,3-12,24-25H2,1-2H3,(H2,26,33)(H,30,34)(H,31,35)(H,32,36)(H,37,38)(H4,27,28,29). The number of aliphatic imine (C=N–C) groups is 1. The molecule has 15 heteroatoms. The fourth-order valence-electron chi connectivity index (χ4n) is 3.45. The van der Waals surface area contributed by atoms with Crippen LogP contribution in [0.15, 0.2) is 4.99 Å². The van der Waals surface area contributed by atoms with Crippen LogP contribution in [-0.4, -0.2) is 77.9 Å². The lowest BCUT2D eigenvalue weighted by atomic mass is 9.98. The second-order valence-electron chi connectivity index (χ2n) is 9.18. The van der Waals surface area contributed by atoms with Gasteiger partial charge >= 0.3 is 5.97 Å². The largest absolute Gasteiger partial charge is 0.480 e. The van der Waals surface area contributed by atoms with Crippen molar-refractivity contribution in [2.75, 3.05) is 13.1 Å². The summed E-state index contributed by atoms with van der Waals surface area (Å²) in [5.74, 6) is -4.30. The minimum atomic E-state index is -1.19. The lowest BCUT2D eigenvalue weighted by Crippen LogP contribution is -2.57. The molecule has 0 aromatic heterocycles. The molecule has 0 fully saturated rings. The summed E-state index contributed by atoms with van der Waals surface area (Å²) in [6.45, 7) is 4.06. The Morgan fingerprint density at radius 2 is 1.39 bits per heavy atom. The number of hydrogen-bond donors (Lipinski definition) is 9. The summed E-state index contributed by atoms with van der Waals surface area (Å²) in [6, 6.07) is -4.41. The first kappa shape index (κ1) is 34.5. The number of nitrogens with one attached hydrogen (secondary N) is 3. The van der Waals surface area contributed by atoms with Crippen molar-refractivity contribution in [3.63, 3.8) is 0 Å². The number of primary amides is 1. The maximum absolute atomic E-state index is 13.2. The molecule has 0 saturated heterocycles. The van der Waals surface area contributed by atoms with Crippen LogP contribution in [0.5, 0.6) is 0 Å². The molecule has 5 atom stereocenters. The Morgan fingerprint density at radius 3 is 1.89 bits per heavy atom. The summed E-state index contributed by atoms with van der Waals surface area (Å²) in [5.41, 5.74) is 27.1. The summed E-state index contributed by atoms with van der Waals surface area (Å²) in [5, 5.41) is 17.2. The van der Waals surface area contributed by atoms with Crippen LogP contribution < -0.4 is 44.6 Å². The predicted octanol–water partition coefficient (Wildman–Crippen LogP) is -2.65. The van der Waals surface area contributed by atoms with Crippen molar-refractivity contribution in [3.05, 3.63) is 0 Å². The molecule has 0 rings (SSSR count). The molecule has 0 aliphatic heterocycles. The predicted molar refractivity (Wildman–Crippen MR) is 142 cm³/mol. The fraction of sp³-hybridized carbons (Fsp3) is 0.739. The highest BCUT2D eigenvalue weighted by Crippen LogP contribution is 2.10. The van der Waals surface area contributed by atoms with Gasteiger partial charge in [0.1, 0.15) is 18.1 Å². The number of carboxylic acid groups (broad SMARTS) is 1. The SMILES string of the molecule is CCC(C)C(NC(=O)C(CCCCN)NC(=O)C(CCCN=C(N)N)NC(=O)C(N)CCC(N)=O)C(=O)O. The fourth-order valence-corrected chi connectivity index (χ4v) is 3.45. The van der Waals surface area contributed by atoms with Crippen LogP contribution >= 0.6 is 0 Å². The molecule has 0 aliphatic carbocycles. The average molecular weight is 544 g/mol. The van der Waals surface area contributed by atoms with Crippen LogP contribution in [0, 0.1) is 5.92 Å². The normalized spacial score (nSPS) is 14.7. The van der Waals surface area contributed by atoms with Crippen molar-refractivity contribution >= 4 is 35.6 Å². The number of hydrogen-bond acceptors (Lipinski definition) is 8. The summed E-state index contributed by atoms with van der Waals surface area (Å²) < 4.78 is 0. The summed E-state index contributed by atoms with van der Waals surface area (Å²) in [7, 11) is 0. The monoisotopic (exact) mass is 543 g/mol. The molecular formula is C23H45N9O6. The van der Waals surface area contributed by atoms with Crippen LogP contribution in [0.3, 0.4) is 0 Å². The quantitative estimate of drug-likeness (QED) is 0.0436. The number of carbonyl (C=O) groups is 5. The number of nitrogens with two attached hydrogens (primary N) is 5. The molecular weight excluding hydrogens is 498 g/mol. The zero-order valence-corrected chi connectivity index (χ0v) is 22.3. The third-order valence-electron chi connectivity index (χ3n) is 5.97. The molecule has 0 saturated carbocycles. The highest BCUT2D eigenvalue weighted by atomic mass is 16.4. The van der Waals surface area contributed by atoms with Gasteiger partial charge in [0.25, 0.3) is 0 Å². The topological polar surface area (TPSA) is 284 Å². The lowest BCUT2D eigenvalue weighted by Gasteiger charge is -2.26. The molecule has 0 aromatic rings. The Balaban J connectivity index is 5.68. The maximum atomic E-state index is 13.2. The van der Waals surface area contributed by atoms with E-state index in [2.05, 4.69) is 20.9 Å². The minimum Gasteiger partial charge on any atom is -0.480 e. The summed E-state index contributed by atoms with van der Waals surface area (Å²) in [6.07, 6.45) is 2.09. The molecule has 5 unspecified atom stereocenters. The molecule has 0 bridgehead atoms. The second-order valence-corrected chi connectivity index (χ2v) is 9.18. The van der Waals surface area contributed by atoms with E-state index in [1.165, 1.54) is 0 Å². The third-order valence-corrected chi connectivity index (χ3v) is 5.97. The molecule has 218 valence electrons. The van der Waals surface area contributed by atoms with Crippen molar-refractivity contribution in [1.29, 1.82) is 0 Å². The highest BCUT2D eigenvalue weighted by molar-refractivity contribution is 5.94. The van der Waals surface area contributed by atoms with Crippen LogP contribution in [0.2, 0.25) is 0 Å². The van der Waals surface area contributed by atoms with Gasteiger partial charge in [0.15, 0.2) is 5.96 Å². The average Bonchev–Trinajstić information content (AvgIpc) is 2.85. The van der Waals surface area contributed by atoms with Crippen LogP contribution in [-0.2, 0) is 24.0 Å². The molecule has 0 heterocycles. The van der Waals surface area contributed by atoms with Gasteiger partial charge in [-0.1, -0.05) is 20.3 Å². The number of carboxylic acids is 1. The van der Waals surface area contributed by atoms with E-state index in [0.717, 1.165) is 0 Å². The van der Waals surface area contributed by atoms with Crippen molar-refractivity contribution in [3.8, 4) is 0 Å². The molecule has 14 N–H and O–H groups in total. The summed E-state index contributed by atoms with van der Waals surface area (Å²) in [4.78, 5) is 65.4. The lowest BCUT2D eigenvalue weighted by molar-refractivity contribution is -0.144. The van der Waals surface area contributed by atoms with Gasteiger partial charge < -0.3 is 49.7 Å². The minimum absolute atomic E-state index is 0.0141. The van der Waals surface area contributed by atoms with Crippen molar-refractivity contribution < 1.29 is 29.1 Å². The van der Waals surface area contributed by atoms with Gasteiger partial charge in [-0.3, -0.25) is 24.2 Å². The van der Waals surface area contributed by atoms with Crippen molar-refractivity contribution in [2.24, 2.45) is 39.6 Å². The van der Waals surface area contributed by atoms with Crippen LogP contribution in [0.4, 0.5) is 0 Å². The number of nitrogens with zero attached hydrogens (tertiary/aromatic N) is 1. The number of carbonyl (C=O) groups excluding carboxylic acids is 4. The number of rotatable bonds is 20. The van der Waals surface area contributed by atoms with E-state index in [-0.39, 0.29) is 44.1 Å². The zero-order valence-electron chi connectivity index (χ0n) is 22.3. The van der Waals surface area contributed by atoms with Gasteiger partial charge in [0.2, 0.25) is 23.6 Å². The zero-order chi connectivity index (χ0) is 29.3. The Labute approximate surface area is 223 Å². The van der Waals surface area contributed by atoms with Crippen molar-refractivity contribution in [2.45, 2.75) is 89.4 Å². The molecule has 0 radical (unpaired) electrons. The van der Waals surface area contributed by atoms with Gasteiger partial charge in [0, 0.05) is 13.0 Å². The Hall–Kier alpha value is -3.46. The molecule has 0 spiro atoms. The molecule has 0 aliphatic rings. The molecule has 38 heavy (non-hydrogen) atoms. The van der Waals surface area contributed by atoms with Crippen molar-refractivity contribution in [1.82, 2.24) is 16.0 Å². The van der Waals surface area contributed by atoms with E-state index in [9.17, 15) is 29.1 Å². The van der Waals surface area contributed by atoms with Gasteiger partial charge in [-0.2, -0.15) is 0 Å². The molecule has 15 nitrogen and oxygen atoms in total. The first-order chi connectivity index (χ1) is 17.8. The van der Waals surface area contributed by atoms with E-state index < -0.39 is 53.8 Å². The number of unbranched alkanes of at least 4 members (excludes halogenated alkanes) is 1. The Morgan fingerprint density at radius 1 is 0.842 bits per heavy atom. The van der Waals surface area contributed by atoms with E-state index in [1.807, 2.05) is 0 Å². The molecule has 4 amide bonds.